The molecule has 0 amide bonds. The Balaban J connectivity index is 1.70. The van der Waals surface area contributed by atoms with Gasteiger partial charge in [-0.1, -0.05) is 72.8 Å². The van der Waals surface area contributed by atoms with Gasteiger partial charge in [-0.15, -0.1) is 0 Å². The zero-order valence-corrected chi connectivity index (χ0v) is 14.8. The summed E-state index contributed by atoms with van der Waals surface area (Å²) in [6.45, 7) is 0. The van der Waals surface area contributed by atoms with Crippen molar-refractivity contribution in [2.24, 2.45) is 0 Å². The molecule has 0 saturated carbocycles. The summed E-state index contributed by atoms with van der Waals surface area (Å²) in [5.74, 6) is 0. The van der Waals surface area contributed by atoms with E-state index in [1.165, 1.54) is 54.6 Å². The van der Waals surface area contributed by atoms with E-state index in [9.17, 15) is 0 Å². The normalized spacial score (nSPS) is 14.3. The van der Waals surface area contributed by atoms with Crippen molar-refractivity contribution in [1.82, 2.24) is 0 Å². The minimum absolute atomic E-state index is 1.11. The highest BCUT2D eigenvalue weighted by Gasteiger charge is 2.12. The van der Waals surface area contributed by atoms with Gasteiger partial charge in [0.15, 0.2) is 0 Å². The van der Waals surface area contributed by atoms with Crippen LogP contribution in [-0.2, 0) is 25.7 Å². The molecule has 0 aliphatic heterocycles. The Kier molecular flexibility index (Phi) is 2.93. The predicted octanol–water partition coefficient (Wildman–Crippen LogP) is 6.47. The van der Waals surface area contributed by atoms with E-state index in [4.69, 9.17) is 0 Å². The summed E-state index contributed by atoms with van der Waals surface area (Å²) in [6.07, 6.45) is 4.46. The lowest BCUT2D eigenvalue weighted by atomic mass is 9.88. The molecule has 124 valence electrons. The van der Waals surface area contributed by atoms with Crippen LogP contribution in [0.15, 0.2) is 72.8 Å². The third-order valence-electron chi connectivity index (χ3n) is 6.14. The molecule has 8 bridgehead atoms. The molecular formula is C26H20. The van der Waals surface area contributed by atoms with Crippen LogP contribution in [0.3, 0.4) is 0 Å². The lowest BCUT2D eigenvalue weighted by molar-refractivity contribution is 0.896. The Labute approximate surface area is 153 Å². The van der Waals surface area contributed by atoms with E-state index in [1.54, 1.807) is 0 Å². The second-order valence-electron chi connectivity index (χ2n) is 7.73. The van der Waals surface area contributed by atoms with E-state index in [0.29, 0.717) is 0 Å². The van der Waals surface area contributed by atoms with Crippen LogP contribution in [-0.4, -0.2) is 0 Å². The van der Waals surface area contributed by atoms with Crippen LogP contribution >= 0.6 is 0 Å². The molecule has 0 saturated heterocycles. The zero-order valence-electron chi connectivity index (χ0n) is 14.8. The number of hydrogen-bond acceptors (Lipinski definition) is 0. The largest absolute Gasteiger partial charge is 0.0620 e. The summed E-state index contributed by atoms with van der Waals surface area (Å²) in [4.78, 5) is 0. The summed E-state index contributed by atoms with van der Waals surface area (Å²) in [5.41, 5.74) is 5.91. The topological polar surface area (TPSA) is 0 Å². The maximum Gasteiger partial charge on any atom is -0.00266 e. The van der Waals surface area contributed by atoms with Gasteiger partial charge in [-0.25, -0.2) is 0 Å². The molecule has 0 heterocycles. The molecule has 5 aromatic carbocycles. The van der Waals surface area contributed by atoms with Gasteiger partial charge in [0.05, 0.1) is 0 Å². The second kappa shape index (κ2) is 5.32. The van der Waals surface area contributed by atoms with Gasteiger partial charge in [-0.2, -0.15) is 0 Å². The molecule has 0 atom stereocenters. The molecule has 0 spiro atoms. The number of rotatable bonds is 0. The molecule has 5 aromatic rings. The highest BCUT2D eigenvalue weighted by atomic mass is 14.2. The standard InChI is InChI=1S/C26H20/c1-2-4-20-8-6-18-15-23-11-9-21-13-17(5-7-19(20)3-1)14-22-10-12-24(16-18)26(23)25(21)22/h1-4,9-16H,5-8H2. The molecule has 0 radical (unpaired) electrons. The first kappa shape index (κ1) is 14.3. The van der Waals surface area contributed by atoms with Gasteiger partial charge < -0.3 is 0 Å². The Morgan fingerprint density at radius 1 is 0.423 bits per heavy atom. The molecule has 5 aliphatic carbocycles. The van der Waals surface area contributed by atoms with Crippen LogP contribution in [0.25, 0.3) is 32.3 Å². The van der Waals surface area contributed by atoms with Gasteiger partial charge in [0.25, 0.3) is 0 Å². The van der Waals surface area contributed by atoms with Gasteiger partial charge in [0.1, 0.15) is 0 Å². The molecule has 0 nitrogen and oxygen atoms in total. The van der Waals surface area contributed by atoms with E-state index in [1.807, 2.05) is 0 Å². The minimum atomic E-state index is 1.11. The fourth-order valence-electron chi connectivity index (χ4n) is 4.86. The second-order valence-corrected chi connectivity index (χ2v) is 7.73. The first-order valence-electron chi connectivity index (χ1n) is 9.62. The van der Waals surface area contributed by atoms with Crippen molar-refractivity contribution in [3.8, 4) is 0 Å². The van der Waals surface area contributed by atoms with Crippen LogP contribution in [0.5, 0.6) is 0 Å². The number of fused-ring (bicyclic) bond motifs is 2. The lowest BCUT2D eigenvalue weighted by Crippen LogP contribution is -2.01. The van der Waals surface area contributed by atoms with Gasteiger partial charge in [-0.3, -0.25) is 0 Å². The Hall–Kier alpha value is -2.86. The van der Waals surface area contributed by atoms with Gasteiger partial charge >= 0.3 is 0 Å². The monoisotopic (exact) mass is 332 g/mol. The summed E-state index contributed by atoms with van der Waals surface area (Å²) in [6, 6.07) is 27.9. The summed E-state index contributed by atoms with van der Waals surface area (Å²) < 4.78 is 0. The van der Waals surface area contributed by atoms with Gasteiger partial charge in [0.2, 0.25) is 0 Å². The van der Waals surface area contributed by atoms with Crippen molar-refractivity contribution >= 4 is 32.3 Å². The Morgan fingerprint density at radius 3 is 1.19 bits per heavy atom. The molecule has 26 heavy (non-hydrogen) atoms. The van der Waals surface area contributed by atoms with Crippen LogP contribution in [0.1, 0.15) is 22.3 Å². The Bertz CT molecular complexity index is 1110. The van der Waals surface area contributed by atoms with Gasteiger partial charge in [0, 0.05) is 0 Å². The molecular weight excluding hydrogens is 312 g/mol. The first-order chi connectivity index (χ1) is 12.8. The number of benzene rings is 5. The summed E-state index contributed by atoms with van der Waals surface area (Å²) in [7, 11) is 0. The SMILES string of the molecule is c1ccc2c(c1)CCc1cc3ccc4cc(cc5ccc(c1)c3c45)CC2. The Morgan fingerprint density at radius 2 is 0.808 bits per heavy atom. The quantitative estimate of drug-likeness (QED) is 0.285. The number of hydrogen-bond donors (Lipinski definition) is 0. The van der Waals surface area contributed by atoms with Crippen molar-refractivity contribution in [3.63, 3.8) is 0 Å². The first-order valence-corrected chi connectivity index (χ1v) is 9.62. The van der Waals surface area contributed by atoms with E-state index in [-0.39, 0.29) is 0 Å². The number of aryl methyl sites for hydroxylation is 4. The van der Waals surface area contributed by atoms with E-state index in [2.05, 4.69) is 72.8 Å². The molecule has 0 fully saturated rings. The third kappa shape index (κ3) is 2.08. The van der Waals surface area contributed by atoms with Crippen molar-refractivity contribution in [2.75, 3.05) is 0 Å². The highest BCUT2D eigenvalue weighted by Crippen LogP contribution is 2.36. The van der Waals surface area contributed by atoms with E-state index >= 15 is 0 Å². The molecule has 5 aliphatic rings. The highest BCUT2D eigenvalue weighted by molar-refractivity contribution is 6.23. The average Bonchev–Trinajstić information content (AvgIpc) is 2.69. The third-order valence-corrected chi connectivity index (χ3v) is 6.14. The predicted molar refractivity (Wildman–Crippen MR) is 111 cm³/mol. The summed E-state index contributed by atoms with van der Waals surface area (Å²) in [5, 5.41) is 8.41. The maximum atomic E-state index is 2.41. The molecule has 0 aromatic heterocycles. The van der Waals surface area contributed by atoms with Crippen molar-refractivity contribution < 1.29 is 0 Å². The van der Waals surface area contributed by atoms with Crippen LogP contribution in [0, 0.1) is 0 Å². The zero-order chi connectivity index (χ0) is 17.1. The maximum absolute atomic E-state index is 2.41. The van der Waals surface area contributed by atoms with E-state index in [0.717, 1.165) is 25.7 Å². The van der Waals surface area contributed by atoms with Crippen LogP contribution in [0.4, 0.5) is 0 Å². The lowest BCUT2D eigenvalue weighted by Gasteiger charge is -2.16. The van der Waals surface area contributed by atoms with Crippen molar-refractivity contribution in [3.05, 3.63) is 95.1 Å². The fraction of sp³-hybridized carbons (Fsp3) is 0.154. The average molecular weight is 332 g/mol. The van der Waals surface area contributed by atoms with E-state index < -0.39 is 0 Å². The molecule has 0 heteroatoms. The van der Waals surface area contributed by atoms with Crippen molar-refractivity contribution in [1.29, 1.82) is 0 Å². The molecule has 0 unspecified atom stereocenters. The van der Waals surface area contributed by atoms with Crippen molar-refractivity contribution in [2.45, 2.75) is 25.7 Å². The molecule has 0 N–H and O–H groups in total. The smallest absolute Gasteiger partial charge is 0.00266 e. The summed E-state index contributed by atoms with van der Waals surface area (Å²) >= 11 is 0. The fourth-order valence-corrected chi connectivity index (χ4v) is 4.86. The molecule has 10 rings (SSSR count). The van der Waals surface area contributed by atoms with Crippen LogP contribution < -0.4 is 0 Å². The minimum Gasteiger partial charge on any atom is -0.0620 e. The van der Waals surface area contributed by atoms with Crippen LogP contribution in [0.2, 0.25) is 0 Å². The van der Waals surface area contributed by atoms with Gasteiger partial charge in [-0.05, 0) is 80.3 Å².